The SMILES string of the molecule is CC(C)(C)OC(=O)NC1(C(N)C#N)CC1.CC(C)(C)OC(=O)NC1(C=O)CC1. The van der Waals surface area contributed by atoms with Crippen LogP contribution in [0.1, 0.15) is 67.2 Å². The summed E-state index contributed by atoms with van der Waals surface area (Å²) in [6, 6.07) is 1.28. The zero-order valence-corrected chi connectivity index (χ0v) is 17.5. The highest BCUT2D eigenvalue weighted by atomic mass is 16.6. The minimum atomic E-state index is -0.662. The van der Waals surface area contributed by atoms with Crippen molar-refractivity contribution in [2.75, 3.05) is 0 Å². The molecule has 9 nitrogen and oxygen atoms in total. The Balaban J connectivity index is 0.000000283. The summed E-state index contributed by atoms with van der Waals surface area (Å²) in [5, 5.41) is 13.9. The van der Waals surface area contributed by atoms with Crippen LogP contribution in [0.5, 0.6) is 0 Å². The largest absolute Gasteiger partial charge is 0.444 e. The summed E-state index contributed by atoms with van der Waals surface area (Å²) in [6.07, 6.45) is 2.66. The summed E-state index contributed by atoms with van der Waals surface area (Å²) in [7, 11) is 0. The smallest absolute Gasteiger partial charge is 0.408 e. The average Bonchev–Trinajstić information content (AvgIpc) is 3.41. The third kappa shape index (κ3) is 8.13. The van der Waals surface area contributed by atoms with Crippen LogP contribution < -0.4 is 16.4 Å². The number of hydrogen-bond donors (Lipinski definition) is 3. The van der Waals surface area contributed by atoms with Crippen LogP contribution in [0.15, 0.2) is 0 Å². The van der Waals surface area contributed by atoms with Gasteiger partial charge in [0.15, 0.2) is 0 Å². The first-order chi connectivity index (χ1) is 12.7. The number of rotatable bonds is 4. The fourth-order valence-electron chi connectivity index (χ4n) is 2.19. The first-order valence-electron chi connectivity index (χ1n) is 9.30. The van der Waals surface area contributed by atoms with Crippen LogP contribution in [-0.2, 0) is 14.3 Å². The van der Waals surface area contributed by atoms with Crippen LogP contribution >= 0.6 is 0 Å². The van der Waals surface area contributed by atoms with E-state index in [1.54, 1.807) is 41.5 Å². The van der Waals surface area contributed by atoms with E-state index in [-0.39, 0.29) is 0 Å². The van der Waals surface area contributed by atoms with E-state index >= 15 is 0 Å². The number of nitriles is 1. The standard InChI is InChI=1S/C10H17N3O2.C9H15NO3/c1-9(2,3)15-8(14)13-10(4-5-10)7(12)6-11;1-8(2,3)13-7(12)10-9(6-11)4-5-9/h7H,4-5,12H2,1-3H3,(H,13,14);6H,4-5H2,1-3H3,(H,10,12). The van der Waals surface area contributed by atoms with Crippen molar-refractivity contribution in [3.63, 3.8) is 0 Å². The molecule has 2 fully saturated rings. The molecule has 4 N–H and O–H groups in total. The van der Waals surface area contributed by atoms with Crippen LogP contribution in [0.25, 0.3) is 0 Å². The van der Waals surface area contributed by atoms with Gasteiger partial charge in [0.05, 0.1) is 17.1 Å². The van der Waals surface area contributed by atoms with E-state index in [9.17, 15) is 14.4 Å². The average molecular weight is 396 g/mol. The van der Waals surface area contributed by atoms with Crippen molar-refractivity contribution in [2.45, 2.75) is 95.5 Å². The number of aldehydes is 1. The van der Waals surface area contributed by atoms with E-state index in [0.29, 0.717) is 0 Å². The molecule has 2 amide bonds. The molecule has 0 bridgehead atoms. The van der Waals surface area contributed by atoms with E-state index in [1.165, 1.54) is 0 Å². The number of ether oxygens (including phenoxy) is 2. The molecule has 1 atom stereocenters. The maximum absolute atomic E-state index is 11.4. The van der Waals surface area contributed by atoms with Gasteiger partial charge in [0.1, 0.15) is 23.5 Å². The molecule has 28 heavy (non-hydrogen) atoms. The number of alkyl carbamates (subject to hydrolysis) is 2. The molecule has 2 aliphatic carbocycles. The first kappa shape index (κ1) is 23.7. The van der Waals surface area contributed by atoms with Crippen LogP contribution in [-0.4, -0.2) is 46.8 Å². The molecular formula is C19H32N4O5. The highest BCUT2D eigenvalue weighted by molar-refractivity contribution is 5.79. The molecule has 0 spiro atoms. The van der Waals surface area contributed by atoms with Gasteiger partial charge in [-0.3, -0.25) is 0 Å². The number of carbonyl (C=O) groups is 3. The summed E-state index contributed by atoms with van der Waals surface area (Å²) < 4.78 is 10.1. The highest BCUT2D eigenvalue weighted by Gasteiger charge is 2.50. The number of carbonyl (C=O) groups excluding carboxylic acids is 3. The third-order valence-corrected chi connectivity index (χ3v) is 4.04. The van der Waals surface area contributed by atoms with E-state index in [1.807, 2.05) is 6.07 Å². The maximum atomic E-state index is 11.4. The Morgan fingerprint density at radius 1 is 1.00 bits per heavy atom. The Kier molecular flexibility index (Phi) is 7.07. The number of nitrogens with two attached hydrogens (primary N) is 1. The predicted molar refractivity (Wildman–Crippen MR) is 102 cm³/mol. The van der Waals surface area contributed by atoms with Crippen LogP contribution in [0.2, 0.25) is 0 Å². The Labute approximate surface area is 166 Å². The fraction of sp³-hybridized carbons (Fsp3) is 0.789. The highest BCUT2D eigenvalue weighted by Crippen LogP contribution is 2.38. The predicted octanol–water partition coefficient (Wildman–Crippen LogP) is 2.14. The van der Waals surface area contributed by atoms with E-state index in [2.05, 4.69) is 10.6 Å². The molecule has 0 saturated heterocycles. The maximum Gasteiger partial charge on any atom is 0.408 e. The van der Waals surface area contributed by atoms with Gasteiger partial charge in [-0.05, 0) is 67.2 Å². The lowest BCUT2D eigenvalue weighted by Crippen LogP contribution is -2.50. The van der Waals surface area contributed by atoms with Gasteiger partial charge >= 0.3 is 12.2 Å². The summed E-state index contributed by atoms with van der Waals surface area (Å²) in [5.41, 5.74) is 3.37. The second kappa shape index (κ2) is 8.35. The molecule has 2 saturated carbocycles. The van der Waals surface area contributed by atoms with Gasteiger partial charge < -0.3 is 30.6 Å². The van der Waals surface area contributed by atoms with Crippen molar-refractivity contribution < 1.29 is 23.9 Å². The monoisotopic (exact) mass is 396 g/mol. The zero-order valence-electron chi connectivity index (χ0n) is 17.5. The first-order valence-corrected chi connectivity index (χ1v) is 9.30. The molecular weight excluding hydrogens is 364 g/mol. The number of amides is 2. The minimum absolute atomic E-state index is 0.509. The fourth-order valence-corrected chi connectivity index (χ4v) is 2.19. The van der Waals surface area contributed by atoms with Crippen molar-refractivity contribution >= 4 is 18.5 Å². The molecule has 0 aliphatic heterocycles. The van der Waals surface area contributed by atoms with Crippen molar-refractivity contribution in [1.82, 2.24) is 10.6 Å². The van der Waals surface area contributed by atoms with Crippen molar-refractivity contribution in [1.29, 1.82) is 5.26 Å². The molecule has 0 heterocycles. The molecule has 0 aromatic carbocycles. The Morgan fingerprint density at radius 3 is 1.71 bits per heavy atom. The van der Waals surface area contributed by atoms with Gasteiger partial charge in [0.2, 0.25) is 0 Å². The van der Waals surface area contributed by atoms with Crippen molar-refractivity contribution in [2.24, 2.45) is 5.73 Å². The Morgan fingerprint density at radius 2 is 1.43 bits per heavy atom. The summed E-state index contributed by atoms with van der Waals surface area (Å²) in [6.45, 7) is 10.7. The molecule has 158 valence electrons. The number of nitrogens with one attached hydrogen (secondary N) is 2. The van der Waals surface area contributed by atoms with Gasteiger partial charge in [-0.1, -0.05) is 0 Å². The van der Waals surface area contributed by atoms with E-state index < -0.39 is 40.5 Å². The molecule has 9 heteroatoms. The minimum Gasteiger partial charge on any atom is -0.444 e. The van der Waals surface area contributed by atoms with Gasteiger partial charge in [-0.15, -0.1) is 0 Å². The molecule has 0 aromatic rings. The molecule has 0 aromatic heterocycles. The molecule has 1 unspecified atom stereocenters. The lowest BCUT2D eigenvalue weighted by molar-refractivity contribution is -0.110. The second-order valence-electron chi connectivity index (χ2n) is 9.29. The summed E-state index contributed by atoms with van der Waals surface area (Å²) in [4.78, 5) is 33.1. The van der Waals surface area contributed by atoms with Gasteiger partial charge in [-0.25, -0.2) is 9.59 Å². The molecule has 2 rings (SSSR count). The normalized spacial score (nSPS) is 19.5. The summed E-state index contributed by atoms with van der Waals surface area (Å²) >= 11 is 0. The van der Waals surface area contributed by atoms with Gasteiger partial charge in [0, 0.05) is 0 Å². The van der Waals surface area contributed by atoms with Gasteiger partial charge in [0.25, 0.3) is 0 Å². The van der Waals surface area contributed by atoms with E-state index in [4.69, 9.17) is 20.5 Å². The quantitative estimate of drug-likeness (QED) is 0.617. The van der Waals surface area contributed by atoms with Crippen LogP contribution in [0.3, 0.4) is 0 Å². The van der Waals surface area contributed by atoms with E-state index in [0.717, 1.165) is 32.0 Å². The lowest BCUT2D eigenvalue weighted by Gasteiger charge is -2.24. The zero-order chi connectivity index (χ0) is 21.8. The molecule has 0 radical (unpaired) electrons. The molecule has 2 aliphatic rings. The lowest BCUT2D eigenvalue weighted by atomic mass is 10.1. The second-order valence-corrected chi connectivity index (χ2v) is 9.29. The van der Waals surface area contributed by atoms with Crippen LogP contribution in [0.4, 0.5) is 9.59 Å². The summed E-state index contributed by atoms with van der Waals surface area (Å²) in [5.74, 6) is 0. The van der Waals surface area contributed by atoms with Gasteiger partial charge in [-0.2, -0.15) is 5.26 Å². The van der Waals surface area contributed by atoms with Crippen LogP contribution in [0, 0.1) is 11.3 Å². The third-order valence-electron chi connectivity index (χ3n) is 4.04. The topological polar surface area (TPSA) is 144 Å². The Bertz CT molecular complexity index is 634. The number of nitrogens with zero attached hydrogens (tertiary/aromatic N) is 1. The van der Waals surface area contributed by atoms with Crippen molar-refractivity contribution in [3.8, 4) is 6.07 Å². The number of hydrogen-bond acceptors (Lipinski definition) is 7. The Hall–Kier alpha value is -2.34. The van der Waals surface area contributed by atoms with Crippen molar-refractivity contribution in [3.05, 3.63) is 0 Å².